The zero-order valence-electron chi connectivity index (χ0n) is 11.6. The van der Waals surface area contributed by atoms with Gasteiger partial charge in [-0.25, -0.2) is 4.79 Å². The van der Waals surface area contributed by atoms with Crippen molar-refractivity contribution in [3.63, 3.8) is 0 Å². The smallest absolute Gasteiger partial charge is 0.408 e. The standard InChI is InChI=1S/C12H20N2O5/c1-12(2,3)19-11(17)14-9-7(5-8(15)18-4)6-13-10(9)16/h7,9H,5-6H2,1-4H3,(H,13,16)(H,14,17)/t7-,9+/m1/s1. The third-order valence-electron chi connectivity index (χ3n) is 2.62. The van der Waals surface area contributed by atoms with E-state index in [1.165, 1.54) is 7.11 Å². The van der Waals surface area contributed by atoms with Crippen molar-refractivity contribution in [1.29, 1.82) is 0 Å². The van der Waals surface area contributed by atoms with E-state index in [1.54, 1.807) is 20.8 Å². The first kappa shape index (κ1) is 15.3. The van der Waals surface area contributed by atoms with Crippen LogP contribution in [-0.4, -0.2) is 43.3 Å². The average molecular weight is 272 g/mol. The summed E-state index contributed by atoms with van der Waals surface area (Å²) in [5.74, 6) is -1.07. The van der Waals surface area contributed by atoms with Gasteiger partial charge in [0.25, 0.3) is 0 Å². The van der Waals surface area contributed by atoms with Gasteiger partial charge in [0.15, 0.2) is 0 Å². The summed E-state index contributed by atoms with van der Waals surface area (Å²) in [7, 11) is 1.28. The van der Waals surface area contributed by atoms with E-state index >= 15 is 0 Å². The van der Waals surface area contributed by atoms with Gasteiger partial charge in [-0.2, -0.15) is 0 Å². The van der Waals surface area contributed by atoms with Crippen LogP contribution < -0.4 is 10.6 Å². The zero-order valence-corrected chi connectivity index (χ0v) is 11.6. The Morgan fingerprint density at radius 2 is 2.05 bits per heavy atom. The first-order valence-electron chi connectivity index (χ1n) is 6.07. The Kier molecular flexibility index (Phi) is 4.74. The Labute approximate surface area is 112 Å². The second-order valence-electron chi connectivity index (χ2n) is 5.41. The van der Waals surface area contributed by atoms with Crippen LogP contribution in [0.3, 0.4) is 0 Å². The van der Waals surface area contributed by atoms with Crippen LogP contribution >= 0.6 is 0 Å². The number of carbonyl (C=O) groups excluding carboxylic acids is 3. The molecule has 108 valence electrons. The lowest BCUT2D eigenvalue weighted by Crippen LogP contribution is -2.46. The van der Waals surface area contributed by atoms with Gasteiger partial charge in [0.1, 0.15) is 11.6 Å². The number of amides is 2. The highest BCUT2D eigenvalue weighted by atomic mass is 16.6. The molecular weight excluding hydrogens is 252 g/mol. The summed E-state index contributed by atoms with van der Waals surface area (Å²) < 4.78 is 9.64. The third-order valence-corrected chi connectivity index (χ3v) is 2.62. The molecule has 1 saturated heterocycles. The lowest BCUT2D eigenvalue weighted by Gasteiger charge is -2.22. The minimum Gasteiger partial charge on any atom is -0.469 e. The number of alkyl carbamates (subject to hydrolysis) is 1. The summed E-state index contributed by atoms with van der Waals surface area (Å²) in [6, 6.07) is -0.769. The fourth-order valence-electron chi connectivity index (χ4n) is 1.78. The molecule has 0 saturated carbocycles. The molecule has 1 fully saturated rings. The minimum absolute atomic E-state index is 0.0652. The van der Waals surface area contributed by atoms with Gasteiger partial charge in [0, 0.05) is 12.5 Å². The lowest BCUT2D eigenvalue weighted by molar-refractivity contribution is -0.141. The number of hydrogen-bond donors (Lipinski definition) is 2. The maximum absolute atomic E-state index is 11.6. The molecule has 0 aliphatic carbocycles. The molecule has 0 unspecified atom stereocenters. The number of nitrogens with one attached hydrogen (secondary N) is 2. The molecule has 0 aromatic rings. The molecule has 0 aromatic heterocycles. The zero-order chi connectivity index (χ0) is 14.6. The van der Waals surface area contributed by atoms with Crippen molar-refractivity contribution in [1.82, 2.24) is 10.6 Å². The summed E-state index contributed by atoms with van der Waals surface area (Å²) in [6.07, 6.45) is -0.611. The molecular formula is C12H20N2O5. The molecule has 7 nitrogen and oxygen atoms in total. The number of carbonyl (C=O) groups is 3. The number of esters is 1. The topological polar surface area (TPSA) is 93.7 Å². The Bertz CT molecular complexity index is 375. The minimum atomic E-state index is -0.769. The van der Waals surface area contributed by atoms with Crippen LogP contribution in [0, 0.1) is 5.92 Å². The Morgan fingerprint density at radius 3 is 2.58 bits per heavy atom. The second kappa shape index (κ2) is 5.90. The first-order valence-corrected chi connectivity index (χ1v) is 6.07. The molecule has 1 aliphatic heterocycles. The van der Waals surface area contributed by atoms with Crippen LogP contribution in [0.4, 0.5) is 4.79 Å². The first-order chi connectivity index (χ1) is 8.73. The number of hydrogen-bond acceptors (Lipinski definition) is 5. The molecule has 0 bridgehead atoms. The summed E-state index contributed by atoms with van der Waals surface area (Å²) in [6.45, 7) is 5.52. The van der Waals surface area contributed by atoms with Gasteiger partial charge in [-0.1, -0.05) is 0 Å². The molecule has 2 N–H and O–H groups in total. The number of rotatable bonds is 3. The highest BCUT2D eigenvalue weighted by molar-refractivity contribution is 5.88. The third kappa shape index (κ3) is 4.76. The Hall–Kier alpha value is -1.79. The highest BCUT2D eigenvalue weighted by Gasteiger charge is 2.38. The van der Waals surface area contributed by atoms with Gasteiger partial charge in [-0.3, -0.25) is 9.59 Å². The van der Waals surface area contributed by atoms with Gasteiger partial charge in [0.05, 0.1) is 13.5 Å². The molecule has 7 heteroatoms. The van der Waals surface area contributed by atoms with Crippen LogP contribution in [0.2, 0.25) is 0 Å². The summed E-state index contributed by atoms with van der Waals surface area (Å²) in [4.78, 5) is 34.5. The number of ether oxygens (including phenoxy) is 2. The number of methoxy groups -OCH3 is 1. The fourth-order valence-corrected chi connectivity index (χ4v) is 1.78. The van der Waals surface area contributed by atoms with Crippen molar-refractivity contribution in [3.8, 4) is 0 Å². The van der Waals surface area contributed by atoms with Crippen molar-refractivity contribution in [2.75, 3.05) is 13.7 Å². The summed E-state index contributed by atoms with van der Waals surface area (Å²) in [5.41, 5.74) is -0.642. The fraction of sp³-hybridized carbons (Fsp3) is 0.750. The monoisotopic (exact) mass is 272 g/mol. The van der Waals surface area contributed by atoms with Crippen molar-refractivity contribution < 1.29 is 23.9 Å². The van der Waals surface area contributed by atoms with Crippen LogP contribution in [0.5, 0.6) is 0 Å². The molecule has 19 heavy (non-hydrogen) atoms. The predicted molar refractivity (Wildman–Crippen MR) is 66.3 cm³/mol. The van der Waals surface area contributed by atoms with E-state index < -0.39 is 23.7 Å². The van der Waals surface area contributed by atoms with Crippen LogP contribution in [0.1, 0.15) is 27.2 Å². The molecule has 0 aromatic carbocycles. The molecule has 0 radical (unpaired) electrons. The summed E-state index contributed by atoms with van der Waals surface area (Å²) >= 11 is 0. The van der Waals surface area contributed by atoms with Crippen molar-refractivity contribution in [2.24, 2.45) is 5.92 Å². The van der Waals surface area contributed by atoms with E-state index in [4.69, 9.17) is 4.74 Å². The predicted octanol–water partition coefficient (Wildman–Crippen LogP) is 0.189. The van der Waals surface area contributed by atoms with Crippen molar-refractivity contribution in [2.45, 2.75) is 38.8 Å². The normalized spacial score (nSPS) is 22.6. The molecule has 0 spiro atoms. The van der Waals surface area contributed by atoms with Crippen molar-refractivity contribution >= 4 is 18.0 Å². The lowest BCUT2D eigenvalue weighted by atomic mass is 10.00. The molecule has 2 atom stereocenters. The van der Waals surface area contributed by atoms with Gasteiger partial charge < -0.3 is 20.1 Å². The van der Waals surface area contributed by atoms with Crippen molar-refractivity contribution in [3.05, 3.63) is 0 Å². The van der Waals surface area contributed by atoms with E-state index in [9.17, 15) is 14.4 Å². The molecule has 1 rings (SSSR count). The second-order valence-corrected chi connectivity index (χ2v) is 5.41. The summed E-state index contributed by atoms with van der Waals surface area (Å²) in [5, 5.41) is 5.08. The van der Waals surface area contributed by atoms with Crippen LogP contribution in [0.15, 0.2) is 0 Å². The van der Waals surface area contributed by atoms with E-state index in [-0.39, 0.29) is 18.2 Å². The highest BCUT2D eigenvalue weighted by Crippen LogP contribution is 2.16. The Morgan fingerprint density at radius 1 is 1.42 bits per heavy atom. The van der Waals surface area contributed by atoms with Gasteiger partial charge in [0.2, 0.25) is 5.91 Å². The van der Waals surface area contributed by atoms with E-state index in [0.29, 0.717) is 6.54 Å². The SMILES string of the molecule is COC(=O)C[C@@H]1CNC(=O)[C@H]1NC(=O)OC(C)(C)C. The molecule has 1 heterocycles. The Balaban J connectivity index is 2.60. The van der Waals surface area contributed by atoms with Gasteiger partial charge >= 0.3 is 12.1 Å². The quantitative estimate of drug-likeness (QED) is 0.715. The van der Waals surface area contributed by atoms with Crippen LogP contribution in [-0.2, 0) is 19.1 Å². The van der Waals surface area contributed by atoms with Gasteiger partial charge in [-0.05, 0) is 20.8 Å². The van der Waals surface area contributed by atoms with E-state index in [0.717, 1.165) is 0 Å². The van der Waals surface area contributed by atoms with Crippen LogP contribution in [0.25, 0.3) is 0 Å². The largest absolute Gasteiger partial charge is 0.469 e. The van der Waals surface area contributed by atoms with E-state index in [1.807, 2.05) is 0 Å². The van der Waals surface area contributed by atoms with Gasteiger partial charge in [-0.15, -0.1) is 0 Å². The van der Waals surface area contributed by atoms with E-state index in [2.05, 4.69) is 15.4 Å². The molecule has 2 amide bonds. The maximum atomic E-state index is 11.6. The molecule has 1 aliphatic rings. The maximum Gasteiger partial charge on any atom is 0.408 e. The average Bonchev–Trinajstić information content (AvgIpc) is 2.58.